The number of aliphatic hydroxyl groups excluding tert-OH is 2. The molecule has 4 nitrogen and oxygen atoms in total. The van der Waals surface area contributed by atoms with Crippen LogP contribution in [0.25, 0.3) is 11.3 Å². The molecule has 1 aliphatic heterocycles. The summed E-state index contributed by atoms with van der Waals surface area (Å²) in [4.78, 5) is 4.35. The fraction of sp³-hybridized carbons (Fsp3) is 0.609. The van der Waals surface area contributed by atoms with Gasteiger partial charge in [-0.05, 0) is 67.8 Å². The van der Waals surface area contributed by atoms with Gasteiger partial charge in [0.15, 0.2) is 0 Å². The van der Waals surface area contributed by atoms with Gasteiger partial charge in [0.25, 0.3) is 0 Å². The Morgan fingerprint density at radius 1 is 1.26 bits per heavy atom. The van der Waals surface area contributed by atoms with Crippen LogP contribution in [0.5, 0.6) is 0 Å². The Kier molecular flexibility index (Phi) is 4.17. The molecule has 1 aromatic carbocycles. The minimum absolute atomic E-state index is 0.0622. The molecule has 3 aliphatic rings. The van der Waals surface area contributed by atoms with E-state index in [9.17, 15) is 10.2 Å². The van der Waals surface area contributed by atoms with E-state index >= 15 is 0 Å². The molecule has 2 saturated carbocycles. The summed E-state index contributed by atoms with van der Waals surface area (Å²) in [6, 6.07) is 8.68. The molecule has 0 radical (unpaired) electrons. The average molecular weight is 367 g/mol. The molecule has 2 aromatic rings. The van der Waals surface area contributed by atoms with Crippen molar-refractivity contribution in [2.24, 2.45) is 17.3 Å². The number of aromatic nitrogens is 2. The zero-order valence-electron chi connectivity index (χ0n) is 16.1. The first-order valence-corrected chi connectivity index (χ1v) is 10.6. The van der Waals surface area contributed by atoms with E-state index in [0.29, 0.717) is 11.8 Å². The van der Waals surface area contributed by atoms with Gasteiger partial charge in [0, 0.05) is 5.56 Å². The Bertz CT molecular complexity index is 831. The van der Waals surface area contributed by atoms with Crippen molar-refractivity contribution in [2.45, 2.75) is 70.1 Å². The van der Waals surface area contributed by atoms with Crippen LogP contribution in [0.4, 0.5) is 0 Å². The molecular formula is C23H30N2O2. The maximum atomic E-state index is 11.5. The van der Waals surface area contributed by atoms with Crippen LogP contribution in [-0.2, 0) is 0 Å². The van der Waals surface area contributed by atoms with Crippen molar-refractivity contribution in [2.75, 3.05) is 0 Å². The molecule has 4 unspecified atom stereocenters. The molecular weight excluding hydrogens is 336 g/mol. The number of rotatable bonds is 4. The molecule has 1 aromatic heterocycles. The van der Waals surface area contributed by atoms with E-state index in [1.54, 1.807) is 0 Å². The predicted molar refractivity (Wildman–Crippen MR) is 105 cm³/mol. The van der Waals surface area contributed by atoms with Gasteiger partial charge in [0.2, 0.25) is 0 Å². The highest BCUT2D eigenvalue weighted by Gasteiger charge is 2.48. The van der Waals surface area contributed by atoms with E-state index < -0.39 is 0 Å². The van der Waals surface area contributed by atoms with Gasteiger partial charge >= 0.3 is 0 Å². The molecule has 0 saturated heterocycles. The summed E-state index contributed by atoms with van der Waals surface area (Å²) in [7, 11) is 0. The minimum atomic E-state index is -0.357. The summed E-state index contributed by atoms with van der Waals surface area (Å²) in [6.07, 6.45) is 10.3. The minimum Gasteiger partial charge on any atom is -0.393 e. The van der Waals surface area contributed by atoms with Crippen molar-refractivity contribution in [3.05, 3.63) is 42.4 Å². The summed E-state index contributed by atoms with van der Waals surface area (Å²) < 4.78 is 2.23. The van der Waals surface area contributed by atoms with Crippen molar-refractivity contribution >= 4 is 0 Å². The maximum Gasteiger partial charge on any atom is 0.0956 e. The summed E-state index contributed by atoms with van der Waals surface area (Å²) in [5, 5.41) is 22.0. The molecule has 2 fully saturated rings. The van der Waals surface area contributed by atoms with E-state index in [1.807, 2.05) is 12.5 Å². The van der Waals surface area contributed by atoms with E-state index in [-0.39, 0.29) is 23.7 Å². The molecule has 4 heteroatoms. The highest BCUT2D eigenvalue weighted by Crippen LogP contribution is 2.54. The van der Waals surface area contributed by atoms with Gasteiger partial charge < -0.3 is 14.8 Å². The lowest BCUT2D eigenvalue weighted by atomic mass is 9.56. The zero-order valence-corrected chi connectivity index (χ0v) is 16.1. The molecule has 6 atom stereocenters. The third-order valence-electron chi connectivity index (χ3n) is 7.87. The summed E-state index contributed by atoms with van der Waals surface area (Å²) in [6.45, 7) is 2.22. The van der Waals surface area contributed by atoms with Crippen LogP contribution in [0.1, 0.15) is 63.5 Å². The molecule has 2 aliphatic carbocycles. The lowest BCUT2D eigenvalue weighted by molar-refractivity contribution is -0.0917. The van der Waals surface area contributed by atoms with Crippen molar-refractivity contribution < 1.29 is 10.2 Å². The van der Waals surface area contributed by atoms with Crippen LogP contribution in [0.3, 0.4) is 0 Å². The van der Waals surface area contributed by atoms with Crippen molar-refractivity contribution in [1.29, 1.82) is 0 Å². The van der Waals surface area contributed by atoms with Crippen LogP contribution < -0.4 is 0 Å². The van der Waals surface area contributed by atoms with Gasteiger partial charge in [0.1, 0.15) is 0 Å². The number of hydrogen-bond donors (Lipinski definition) is 2. The number of aliphatic hydroxyl groups is 2. The van der Waals surface area contributed by atoms with Gasteiger partial charge in [0.05, 0.1) is 36.5 Å². The van der Waals surface area contributed by atoms with Crippen LogP contribution in [0.2, 0.25) is 0 Å². The third kappa shape index (κ3) is 2.68. The first kappa shape index (κ1) is 17.4. The number of fused-ring (bicyclic) bond motifs is 5. The number of nitrogens with zero attached hydrogens (tertiary/aromatic N) is 2. The van der Waals surface area contributed by atoms with E-state index in [2.05, 4.69) is 40.7 Å². The highest BCUT2D eigenvalue weighted by atomic mass is 16.3. The van der Waals surface area contributed by atoms with Gasteiger partial charge in [-0.3, -0.25) is 0 Å². The van der Waals surface area contributed by atoms with Crippen molar-refractivity contribution in [3.63, 3.8) is 0 Å². The quantitative estimate of drug-likeness (QED) is 0.854. The standard InChI is InChI=1S/C23H30N2O2/c1-2-23(11-15-7-8-21(26)16(9-15)12-23)22(27)10-19-17-5-3-4-6-18(17)20-13-24-14-25(19)20/h3-6,13-16,19,21-22,26-27H,2,7-12H2,1H3/t15?,16?,19-,21?,22-,23?/m1/s1. The molecule has 2 N–H and O–H groups in total. The molecule has 2 heterocycles. The zero-order chi connectivity index (χ0) is 18.6. The Labute approximate surface area is 161 Å². The Morgan fingerprint density at radius 2 is 2.11 bits per heavy atom. The lowest BCUT2D eigenvalue weighted by Gasteiger charge is -2.51. The molecule has 0 spiro atoms. The first-order valence-electron chi connectivity index (χ1n) is 10.6. The Hall–Kier alpha value is -1.65. The van der Waals surface area contributed by atoms with Crippen LogP contribution >= 0.6 is 0 Å². The normalized spacial score (nSPS) is 35.5. The fourth-order valence-corrected chi connectivity index (χ4v) is 6.36. The largest absolute Gasteiger partial charge is 0.393 e. The molecule has 2 bridgehead atoms. The van der Waals surface area contributed by atoms with E-state index in [0.717, 1.165) is 50.6 Å². The van der Waals surface area contributed by atoms with Crippen molar-refractivity contribution in [1.82, 2.24) is 9.55 Å². The van der Waals surface area contributed by atoms with E-state index in [4.69, 9.17) is 0 Å². The second-order valence-electron chi connectivity index (χ2n) is 9.17. The number of hydrogen-bond acceptors (Lipinski definition) is 3. The van der Waals surface area contributed by atoms with Crippen LogP contribution in [-0.4, -0.2) is 32.0 Å². The van der Waals surface area contributed by atoms with Gasteiger partial charge in [-0.25, -0.2) is 4.98 Å². The molecule has 144 valence electrons. The molecule has 0 amide bonds. The summed E-state index contributed by atoms with van der Waals surface area (Å²) >= 11 is 0. The predicted octanol–water partition coefficient (Wildman–Crippen LogP) is 4.17. The topological polar surface area (TPSA) is 58.3 Å². The highest BCUT2D eigenvalue weighted by molar-refractivity contribution is 5.68. The summed E-state index contributed by atoms with van der Waals surface area (Å²) in [5.41, 5.74) is 3.64. The average Bonchev–Trinajstić information content (AvgIpc) is 3.27. The van der Waals surface area contributed by atoms with Crippen LogP contribution in [0.15, 0.2) is 36.8 Å². The first-order chi connectivity index (χ1) is 13.1. The monoisotopic (exact) mass is 366 g/mol. The van der Waals surface area contributed by atoms with Gasteiger partial charge in [-0.1, -0.05) is 31.2 Å². The van der Waals surface area contributed by atoms with Crippen molar-refractivity contribution in [3.8, 4) is 11.3 Å². The number of benzene rings is 1. The van der Waals surface area contributed by atoms with Crippen LogP contribution in [0, 0.1) is 17.3 Å². The smallest absolute Gasteiger partial charge is 0.0956 e. The lowest BCUT2D eigenvalue weighted by Crippen LogP contribution is -2.47. The van der Waals surface area contributed by atoms with Gasteiger partial charge in [-0.2, -0.15) is 0 Å². The second kappa shape index (κ2) is 6.46. The molecule has 5 rings (SSSR count). The maximum absolute atomic E-state index is 11.5. The summed E-state index contributed by atoms with van der Waals surface area (Å²) in [5.74, 6) is 1.04. The molecule has 27 heavy (non-hydrogen) atoms. The Balaban J connectivity index is 1.44. The second-order valence-corrected chi connectivity index (χ2v) is 9.17. The fourth-order valence-electron chi connectivity index (χ4n) is 6.36. The van der Waals surface area contributed by atoms with E-state index in [1.165, 1.54) is 11.1 Å². The van der Waals surface area contributed by atoms with Gasteiger partial charge in [-0.15, -0.1) is 0 Å². The SMILES string of the molecule is CCC1([C@H](O)C[C@@H]2c3ccccc3-c3cncn32)CC2CCC(O)C(C2)C1. The Morgan fingerprint density at radius 3 is 2.96 bits per heavy atom. The third-order valence-corrected chi connectivity index (χ3v) is 7.87. The number of imidazole rings is 1.